The van der Waals surface area contributed by atoms with E-state index in [9.17, 15) is 4.79 Å². The number of carbonyl (C=O) groups is 1. The van der Waals surface area contributed by atoms with Crippen LogP contribution in [0.2, 0.25) is 0 Å². The Hall–Kier alpha value is -1.31. The largest absolute Gasteiger partial charge is 0.466 e. The molecule has 1 aromatic carbocycles. The fourth-order valence-electron chi connectivity index (χ4n) is 1.70. The number of rotatable bonds is 6. The van der Waals surface area contributed by atoms with E-state index in [0.29, 0.717) is 6.61 Å². The van der Waals surface area contributed by atoms with Crippen LogP contribution in [0, 0.1) is 6.92 Å². The molecule has 1 aromatic rings. The van der Waals surface area contributed by atoms with Gasteiger partial charge >= 0.3 is 5.97 Å². The van der Waals surface area contributed by atoms with Gasteiger partial charge in [-0.1, -0.05) is 24.3 Å². The minimum atomic E-state index is -0.182. The van der Waals surface area contributed by atoms with Gasteiger partial charge in [0.1, 0.15) is 0 Å². The van der Waals surface area contributed by atoms with Crippen LogP contribution >= 0.6 is 0 Å². The summed E-state index contributed by atoms with van der Waals surface area (Å²) < 4.78 is 4.88. The lowest BCUT2D eigenvalue weighted by Gasteiger charge is -2.05. The Kier molecular flexibility index (Phi) is 5.62. The molecular weight excluding hydrogens is 200 g/mol. The number of unbranched alkanes of at least 4 members (excludes halogenated alkanes) is 2. The second kappa shape index (κ2) is 7.04. The molecule has 2 heteroatoms. The second-order valence-corrected chi connectivity index (χ2v) is 4.08. The molecule has 0 aliphatic rings. The topological polar surface area (TPSA) is 26.3 Å². The Morgan fingerprint density at radius 3 is 2.62 bits per heavy atom. The van der Waals surface area contributed by atoms with E-state index in [2.05, 4.69) is 31.2 Å². The van der Waals surface area contributed by atoms with Crippen molar-refractivity contribution in [2.45, 2.75) is 39.5 Å². The molecule has 0 saturated carbocycles. The Morgan fingerprint density at radius 1 is 1.19 bits per heavy atom. The number of aryl methyl sites for hydroxylation is 2. The third-order valence-electron chi connectivity index (χ3n) is 2.66. The molecule has 16 heavy (non-hydrogen) atoms. The normalized spacial score (nSPS) is 10.1. The van der Waals surface area contributed by atoms with Crippen molar-refractivity contribution in [2.24, 2.45) is 0 Å². The molecule has 88 valence electrons. The Bertz CT molecular complexity index is 331. The first-order valence-corrected chi connectivity index (χ1v) is 5.88. The van der Waals surface area contributed by atoms with E-state index >= 15 is 0 Å². The summed E-state index contributed by atoms with van der Waals surface area (Å²) in [5.41, 5.74) is 2.79. The monoisotopic (exact) mass is 220 g/mol. The van der Waals surface area contributed by atoms with Crippen molar-refractivity contribution in [2.75, 3.05) is 6.61 Å². The van der Waals surface area contributed by atoms with Gasteiger partial charge in [-0.05, 0) is 43.7 Å². The molecule has 0 saturated heterocycles. The smallest absolute Gasteiger partial charge is 0.302 e. The van der Waals surface area contributed by atoms with Crippen LogP contribution in [0.5, 0.6) is 0 Å². The molecule has 0 N–H and O–H groups in total. The van der Waals surface area contributed by atoms with E-state index in [4.69, 9.17) is 4.74 Å². The van der Waals surface area contributed by atoms with Crippen LogP contribution in [-0.2, 0) is 16.0 Å². The van der Waals surface area contributed by atoms with Gasteiger partial charge < -0.3 is 4.74 Å². The minimum absolute atomic E-state index is 0.182. The first-order chi connectivity index (χ1) is 7.70. The molecule has 1 rings (SSSR count). The van der Waals surface area contributed by atoms with Gasteiger partial charge in [0.05, 0.1) is 6.61 Å². The summed E-state index contributed by atoms with van der Waals surface area (Å²) in [6.45, 7) is 4.16. The van der Waals surface area contributed by atoms with Crippen molar-refractivity contribution in [1.82, 2.24) is 0 Å². The van der Waals surface area contributed by atoms with Crippen molar-refractivity contribution in [1.29, 1.82) is 0 Å². The molecule has 0 atom stereocenters. The molecule has 0 heterocycles. The number of benzene rings is 1. The van der Waals surface area contributed by atoms with Crippen molar-refractivity contribution >= 4 is 5.97 Å². The van der Waals surface area contributed by atoms with Gasteiger partial charge in [-0.25, -0.2) is 0 Å². The minimum Gasteiger partial charge on any atom is -0.466 e. The van der Waals surface area contributed by atoms with Crippen LogP contribution in [0.1, 0.15) is 37.3 Å². The molecule has 0 unspecified atom stereocenters. The molecule has 0 amide bonds. The van der Waals surface area contributed by atoms with Crippen molar-refractivity contribution in [3.8, 4) is 0 Å². The molecule has 0 bridgehead atoms. The van der Waals surface area contributed by atoms with Gasteiger partial charge in [0.2, 0.25) is 0 Å². The van der Waals surface area contributed by atoms with Crippen molar-refractivity contribution in [3.05, 3.63) is 35.4 Å². The Morgan fingerprint density at radius 2 is 1.94 bits per heavy atom. The highest BCUT2D eigenvalue weighted by atomic mass is 16.5. The standard InChI is InChI=1S/C14H20O2/c1-12-8-5-6-10-14(12)9-4-3-7-11-16-13(2)15/h5-6,8,10H,3-4,7,9,11H2,1-2H3. The van der Waals surface area contributed by atoms with Crippen LogP contribution in [-0.4, -0.2) is 12.6 Å². The molecule has 0 aliphatic heterocycles. The summed E-state index contributed by atoms with van der Waals surface area (Å²) >= 11 is 0. The summed E-state index contributed by atoms with van der Waals surface area (Å²) in [5, 5.41) is 0. The summed E-state index contributed by atoms with van der Waals surface area (Å²) in [6, 6.07) is 8.48. The van der Waals surface area contributed by atoms with Crippen LogP contribution in [0.4, 0.5) is 0 Å². The Balaban J connectivity index is 2.12. The van der Waals surface area contributed by atoms with E-state index in [1.54, 1.807) is 0 Å². The van der Waals surface area contributed by atoms with E-state index in [-0.39, 0.29) is 5.97 Å². The fourth-order valence-corrected chi connectivity index (χ4v) is 1.70. The zero-order valence-corrected chi connectivity index (χ0v) is 10.2. The summed E-state index contributed by atoms with van der Waals surface area (Å²) in [7, 11) is 0. The maximum absolute atomic E-state index is 10.5. The van der Waals surface area contributed by atoms with E-state index in [1.807, 2.05) is 0 Å². The molecule has 0 aromatic heterocycles. The average Bonchev–Trinajstić information content (AvgIpc) is 2.25. The third kappa shape index (κ3) is 4.96. The Labute approximate surface area is 97.6 Å². The van der Waals surface area contributed by atoms with Crippen LogP contribution in [0.15, 0.2) is 24.3 Å². The number of carbonyl (C=O) groups excluding carboxylic acids is 1. The van der Waals surface area contributed by atoms with Gasteiger partial charge in [-0.3, -0.25) is 4.79 Å². The summed E-state index contributed by atoms with van der Waals surface area (Å²) in [6.07, 6.45) is 4.35. The third-order valence-corrected chi connectivity index (χ3v) is 2.66. The molecule has 0 spiro atoms. The molecule has 2 nitrogen and oxygen atoms in total. The quantitative estimate of drug-likeness (QED) is 0.543. The number of hydrogen-bond acceptors (Lipinski definition) is 2. The molecule has 0 fully saturated rings. The van der Waals surface area contributed by atoms with Crippen molar-refractivity contribution < 1.29 is 9.53 Å². The number of ether oxygens (including phenoxy) is 1. The van der Waals surface area contributed by atoms with Gasteiger partial charge in [-0.15, -0.1) is 0 Å². The summed E-state index contributed by atoms with van der Waals surface area (Å²) in [5.74, 6) is -0.182. The zero-order chi connectivity index (χ0) is 11.8. The average molecular weight is 220 g/mol. The second-order valence-electron chi connectivity index (χ2n) is 4.08. The first-order valence-electron chi connectivity index (χ1n) is 5.88. The summed E-state index contributed by atoms with van der Waals surface area (Å²) in [4.78, 5) is 10.5. The highest BCUT2D eigenvalue weighted by molar-refractivity contribution is 5.65. The van der Waals surface area contributed by atoms with Gasteiger partial charge in [0.25, 0.3) is 0 Å². The lowest BCUT2D eigenvalue weighted by molar-refractivity contribution is -0.141. The molecule has 0 radical (unpaired) electrons. The van der Waals surface area contributed by atoms with E-state index < -0.39 is 0 Å². The predicted octanol–water partition coefficient (Wildman–Crippen LogP) is 3.27. The highest BCUT2D eigenvalue weighted by Crippen LogP contribution is 2.11. The van der Waals surface area contributed by atoms with Gasteiger partial charge in [0, 0.05) is 6.92 Å². The van der Waals surface area contributed by atoms with Crippen molar-refractivity contribution in [3.63, 3.8) is 0 Å². The maximum Gasteiger partial charge on any atom is 0.302 e. The lowest BCUT2D eigenvalue weighted by Crippen LogP contribution is -2.00. The maximum atomic E-state index is 10.5. The molecular formula is C14H20O2. The highest BCUT2D eigenvalue weighted by Gasteiger charge is 1.97. The van der Waals surface area contributed by atoms with Crippen LogP contribution in [0.3, 0.4) is 0 Å². The number of esters is 1. The van der Waals surface area contributed by atoms with Gasteiger partial charge in [-0.2, -0.15) is 0 Å². The van der Waals surface area contributed by atoms with E-state index in [0.717, 1.165) is 25.7 Å². The SMILES string of the molecule is CC(=O)OCCCCCc1ccccc1C. The van der Waals surface area contributed by atoms with E-state index in [1.165, 1.54) is 18.1 Å². The lowest BCUT2D eigenvalue weighted by atomic mass is 10.0. The number of hydrogen-bond donors (Lipinski definition) is 0. The fraction of sp³-hybridized carbons (Fsp3) is 0.500. The predicted molar refractivity (Wildman–Crippen MR) is 65.4 cm³/mol. The van der Waals surface area contributed by atoms with Crippen LogP contribution in [0.25, 0.3) is 0 Å². The zero-order valence-electron chi connectivity index (χ0n) is 10.2. The van der Waals surface area contributed by atoms with Crippen LogP contribution < -0.4 is 0 Å². The molecule has 0 aliphatic carbocycles. The van der Waals surface area contributed by atoms with Gasteiger partial charge in [0.15, 0.2) is 0 Å². The first kappa shape index (κ1) is 12.8.